The van der Waals surface area contributed by atoms with Crippen molar-refractivity contribution in [3.63, 3.8) is 0 Å². The summed E-state index contributed by atoms with van der Waals surface area (Å²) in [4.78, 5) is 2.42. The lowest BCUT2D eigenvalue weighted by Crippen LogP contribution is -2.44. The third-order valence-electron chi connectivity index (χ3n) is 3.90. The predicted molar refractivity (Wildman–Crippen MR) is 96.7 cm³/mol. The summed E-state index contributed by atoms with van der Waals surface area (Å²) < 4.78 is 1.09. The first-order chi connectivity index (χ1) is 10.7. The second-order valence-electron chi connectivity index (χ2n) is 5.57. The van der Waals surface area contributed by atoms with Gasteiger partial charge in [-0.3, -0.25) is 5.01 Å². The van der Waals surface area contributed by atoms with Crippen molar-refractivity contribution < 1.29 is 0 Å². The molecule has 1 heterocycles. The number of rotatable bonds is 3. The third-order valence-corrected chi connectivity index (χ3v) is 4.42. The van der Waals surface area contributed by atoms with E-state index in [2.05, 4.69) is 74.3 Å². The van der Waals surface area contributed by atoms with E-state index in [0.29, 0.717) is 0 Å². The maximum atomic E-state index is 4.59. The molecule has 22 heavy (non-hydrogen) atoms. The molecule has 0 amide bonds. The lowest BCUT2D eigenvalue weighted by Gasteiger charge is -2.34. The molecule has 2 aromatic rings. The van der Waals surface area contributed by atoms with Gasteiger partial charge in [-0.25, -0.2) is 0 Å². The van der Waals surface area contributed by atoms with Crippen LogP contribution in [0.5, 0.6) is 0 Å². The molecule has 0 spiro atoms. The number of halogens is 1. The number of benzene rings is 2. The zero-order valence-corrected chi connectivity index (χ0v) is 14.3. The monoisotopic (exact) mass is 357 g/mol. The minimum atomic E-state index is 0.959. The zero-order valence-electron chi connectivity index (χ0n) is 12.7. The Morgan fingerprint density at radius 3 is 2.18 bits per heavy atom. The largest absolute Gasteiger partial charge is 0.368 e. The van der Waals surface area contributed by atoms with Crippen LogP contribution in [0, 0.1) is 6.92 Å². The Bertz CT molecular complexity index is 626. The average molecular weight is 358 g/mol. The van der Waals surface area contributed by atoms with E-state index in [4.69, 9.17) is 0 Å². The van der Waals surface area contributed by atoms with Gasteiger partial charge in [-0.05, 0) is 36.8 Å². The number of hydrogen-bond donors (Lipinski definition) is 0. The zero-order chi connectivity index (χ0) is 15.4. The van der Waals surface area contributed by atoms with E-state index in [1.165, 1.54) is 11.3 Å². The molecule has 3 nitrogen and oxygen atoms in total. The highest BCUT2D eigenvalue weighted by atomic mass is 79.9. The van der Waals surface area contributed by atoms with Gasteiger partial charge in [0.2, 0.25) is 0 Å². The first-order valence-electron chi connectivity index (χ1n) is 7.57. The number of anilines is 1. The molecule has 0 aromatic heterocycles. The Balaban J connectivity index is 1.55. The maximum absolute atomic E-state index is 4.59. The minimum absolute atomic E-state index is 0.959. The fourth-order valence-electron chi connectivity index (χ4n) is 2.52. The Hall–Kier alpha value is -1.81. The van der Waals surface area contributed by atoms with Gasteiger partial charge in [0.25, 0.3) is 0 Å². The summed E-state index contributed by atoms with van der Waals surface area (Å²) in [5.41, 5.74) is 3.74. The van der Waals surface area contributed by atoms with E-state index in [9.17, 15) is 0 Å². The molecule has 114 valence electrons. The van der Waals surface area contributed by atoms with Crippen molar-refractivity contribution in [2.75, 3.05) is 31.1 Å². The van der Waals surface area contributed by atoms with Gasteiger partial charge in [0.15, 0.2) is 0 Å². The van der Waals surface area contributed by atoms with E-state index < -0.39 is 0 Å². The van der Waals surface area contributed by atoms with Crippen LogP contribution in [-0.2, 0) is 0 Å². The number of aryl methyl sites for hydroxylation is 1. The van der Waals surface area contributed by atoms with Crippen LogP contribution in [0.4, 0.5) is 5.69 Å². The van der Waals surface area contributed by atoms with Crippen molar-refractivity contribution in [3.8, 4) is 0 Å². The van der Waals surface area contributed by atoms with Crippen LogP contribution >= 0.6 is 15.9 Å². The molecule has 0 unspecified atom stereocenters. The first-order valence-corrected chi connectivity index (χ1v) is 8.36. The van der Waals surface area contributed by atoms with Gasteiger partial charge in [-0.15, -0.1) is 0 Å². The van der Waals surface area contributed by atoms with E-state index in [1.807, 2.05) is 18.3 Å². The average Bonchev–Trinajstić information content (AvgIpc) is 2.56. The second-order valence-corrected chi connectivity index (χ2v) is 6.49. The van der Waals surface area contributed by atoms with Crippen molar-refractivity contribution >= 4 is 27.8 Å². The van der Waals surface area contributed by atoms with E-state index in [-0.39, 0.29) is 0 Å². The highest BCUT2D eigenvalue weighted by Crippen LogP contribution is 2.17. The Kier molecular flexibility index (Phi) is 4.78. The van der Waals surface area contributed by atoms with Crippen molar-refractivity contribution in [2.24, 2.45) is 5.10 Å². The number of hydrogen-bond acceptors (Lipinski definition) is 3. The normalized spacial score (nSPS) is 15.5. The molecular formula is C18H20BrN3. The second kappa shape index (κ2) is 6.97. The molecule has 0 N–H and O–H groups in total. The third kappa shape index (κ3) is 3.89. The molecule has 1 fully saturated rings. The van der Waals surface area contributed by atoms with Gasteiger partial charge in [0, 0.05) is 23.2 Å². The highest BCUT2D eigenvalue weighted by Gasteiger charge is 2.15. The molecule has 0 bridgehead atoms. The van der Waals surface area contributed by atoms with Crippen molar-refractivity contribution in [1.82, 2.24) is 5.01 Å². The summed E-state index contributed by atoms with van der Waals surface area (Å²) in [7, 11) is 0. The molecular weight excluding hydrogens is 338 g/mol. The molecule has 2 aromatic carbocycles. The quantitative estimate of drug-likeness (QED) is 0.775. The predicted octanol–water partition coefficient (Wildman–Crippen LogP) is 3.91. The van der Waals surface area contributed by atoms with Crippen molar-refractivity contribution in [2.45, 2.75) is 6.92 Å². The van der Waals surface area contributed by atoms with Gasteiger partial charge in [0.05, 0.1) is 19.3 Å². The molecule has 0 atom stereocenters. The topological polar surface area (TPSA) is 18.8 Å². The Labute approximate surface area is 140 Å². The van der Waals surface area contributed by atoms with Crippen LogP contribution in [0.3, 0.4) is 0 Å². The van der Waals surface area contributed by atoms with Gasteiger partial charge in [-0.2, -0.15) is 5.10 Å². The molecule has 0 radical (unpaired) electrons. The summed E-state index contributed by atoms with van der Waals surface area (Å²) in [6.45, 7) is 6.07. The van der Waals surface area contributed by atoms with Crippen LogP contribution < -0.4 is 4.90 Å². The smallest absolute Gasteiger partial charge is 0.0542 e. The fraction of sp³-hybridized carbons (Fsp3) is 0.278. The molecule has 1 aliphatic heterocycles. The summed E-state index contributed by atoms with van der Waals surface area (Å²) >= 11 is 3.45. The van der Waals surface area contributed by atoms with E-state index in [1.54, 1.807) is 0 Å². The van der Waals surface area contributed by atoms with E-state index in [0.717, 1.165) is 36.2 Å². The van der Waals surface area contributed by atoms with Crippen LogP contribution in [-0.4, -0.2) is 37.4 Å². The minimum Gasteiger partial charge on any atom is -0.368 e. The summed E-state index contributed by atoms with van der Waals surface area (Å²) in [5.74, 6) is 0. The van der Waals surface area contributed by atoms with Crippen LogP contribution in [0.2, 0.25) is 0 Å². The highest BCUT2D eigenvalue weighted by molar-refractivity contribution is 9.10. The van der Waals surface area contributed by atoms with Gasteiger partial charge in [-0.1, -0.05) is 45.8 Å². The molecule has 1 saturated heterocycles. The van der Waals surface area contributed by atoms with Crippen LogP contribution in [0.25, 0.3) is 0 Å². The maximum Gasteiger partial charge on any atom is 0.0542 e. The van der Waals surface area contributed by atoms with Crippen molar-refractivity contribution in [3.05, 3.63) is 64.1 Å². The molecule has 4 heteroatoms. The van der Waals surface area contributed by atoms with Crippen LogP contribution in [0.1, 0.15) is 11.1 Å². The first kappa shape index (κ1) is 15.1. The van der Waals surface area contributed by atoms with Gasteiger partial charge < -0.3 is 4.90 Å². The molecule has 0 aliphatic carbocycles. The van der Waals surface area contributed by atoms with Crippen molar-refractivity contribution in [1.29, 1.82) is 0 Å². The summed E-state index contributed by atoms with van der Waals surface area (Å²) in [6, 6.07) is 17.0. The molecule has 1 aliphatic rings. The lowest BCUT2D eigenvalue weighted by atomic mass is 10.2. The summed E-state index contributed by atoms with van der Waals surface area (Å²) in [6.07, 6.45) is 1.94. The number of nitrogens with zero attached hydrogens (tertiary/aromatic N) is 3. The van der Waals surface area contributed by atoms with Crippen LogP contribution in [0.15, 0.2) is 58.1 Å². The Morgan fingerprint density at radius 1 is 0.909 bits per heavy atom. The number of piperazine rings is 1. The lowest BCUT2D eigenvalue weighted by molar-refractivity contribution is 0.272. The van der Waals surface area contributed by atoms with Gasteiger partial charge in [0.1, 0.15) is 0 Å². The van der Waals surface area contributed by atoms with E-state index >= 15 is 0 Å². The Morgan fingerprint density at radius 2 is 1.55 bits per heavy atom. The SMILES string of the molecule is Cc1ccc(N2CCN(N=Cc3ccc(Br)cc3)CC2)cc1. The standard InChI is InChI=1S/C18H20BrN3/c1-15-2-8-18(9-3-15)21-10-12-22(13-11-21)20-14-16-4-6-17(19)7-5-16/h2-9,14H,10-13H2,1H3. The molecule has 0 saturated carbocycles. The van der Waals surface area contributed by atoms with Gasteiger partial charge >= 0.3 is 0 Å². The summed E-state index contributed by atoms with van der Waals surface area (Å²) in [5, 5.41) is 6.74. The number of hydrazone groups is 1. The fourth-order valence-corrected chi connectivity index (χ4v) is 2.79. The molecule has 3 rings (SSSR count).